The summed E-state index contributed by atoms with van der Waals surface area (Å²) in [6.07, 6.45) is 5.88. The maximum absolute atomic E-state index is 7.67. The lowest BCUT2D eigenvalue weighted by molar-refractivity contribution is 0.312. The van der Waals surface area contributed by atoms with E-state index in [1.165, 1.54) is 17.3 Å². The molecule has 0 amide bonds. The number of hydrogen-bond donors (Lipinski definition) is 2. The minimum Gasteiger partial charge on any atom is -0.370 e. The van der Waals surface area contributed by atoms with E-state index in [-0.39, 0.29) is 1.43 Å². The van der Waals surface area contributed by atoms with Crippen molar-refractivity contribution in [2.75, 3.05) is 50.0 Å². The number of aryl methyl sites for hydroxylation is 1. The molecular weight excluding hydrogens is 428 g/mol. The lowest BCUT2D eigenvalue weighted by Gasteiger charge is -2.33. The molecule has 1 aliphatic heterocycles. The number of hydrogen-bond acceptors (Lipinski definition) is 7. The fourth-order valence-corrected chi connectivity index (χ4v) is 4.60. The molecule has 33 heavy (non-hydrogen) atoms. The van der Waals surface area contributed by atoms with Crippen LogP contribution in [0.2, 0.25) is 0 Å². The number of benzene rings is 1. The number of anilines is 2. The normalized spacial score (nSPS) is 14.4. The molecule has 7 heteroatoms. The second kappa shape index (κ2) is 10.8. The number of rotatable bonds is 8. The molecule has 1 aromatic carbocycles. The zero-order chi connectivity index (χ0) is 23.2. The Kier molecular flexibility index (Phi) is 7.62. The summed E-state index contributed by atoms with van der Waals surface area (Å²) in [6, 6.07) is 12.7. The molecule has 0 aliphatic carbocycles. The van der Waals surface area contributed by atoms with Crippen LogP contribution in [0.15, 0.2) is 55.4 Å². The van der Waals surface area contributed by atoms with Gasteiger partial charge >= 0.3 is 0 Å². The summed E-state index contributed by atoms with van der Waals surface area (Å²) < 4.78 is 0. The Morgan fingerprint density at radius 1 is 1.12 bits per heavy atom. The summed E-state index contributed by atoms with van der Waals surface area (Å²) in [7, 11) is 2.17. The second-order valence-electron chi connectivity index (χ2n) is 8.56. The lowest BCUT2D eigenvalue weighted by Crippen LogP contribution is -2.44. The molecule has 1 fully saturated rings. The van der Waals surface area contributed by atoms with Crippen LogP contribution in [-0.4, -0.2) is 59.7 Å². The van der Waals surface area contributed by atoms with Crippen molar-refractivity contribution in [3.8, 4) is 0 Å². The number of aromatic nitrogens is 2. The maximum Gasteiger partial charge on any atom is 0.128 e. The van der Waals surface area contributed by atoms with E-state index in [2.05, 4.69) is 69.0 Å². The smallest absolute Gasteiger partial charge is 0.128 e. The molecule has 0 atom stereocenters. The Morgan fingerprint density at radius 3 is 2.73 bits per heavy atom. The van der Waals surface area contributed by atoms with Gasteiger partial charge in [-0.1, -0.05) is 30.5 Å². The van der Waals surface area contributed by atoms with Crippen molar-refractivity contribution in [3.05, 3.63) is 66.5 Å². The van der Waals surface area contributed by atoms with E-state index in [4.69, 9.17) is 5.41 Å². The molecule has 0 bridgehead atoms. The van der Waals surface area contributed by atoms with Gasteiger partial charge in [-0.2, -0.15) is 0 Å². The molecule has 174 valence electrons. The fraction of sp³-hybridized carbons (Fsp3) is 0.346. The van der Waals surface area contributed by atoms with Crippen LogP contribution in [0.1, 0.15) is 25.9 Å². The minimum atomic E-state index is 0. The zero-order valence-electron chi connectivity index (χ0n) is 19.5. The molecule has 0 spiro atoms. The highest BCUT2D eigenvalue weighted by atomic mass is 32.2. The molecular formula is C26H34N6S. The number of pyridine rings is 2. The molecule has 1 saturated heterocycles. The van der Waals surface area contributed by atoms with Gasteiger partial charge in [-0.05, 0) is 67.6 Å². The van der Waals surface area contributed by atoms with Crippen molar-refractivity contribution < 1.29 is 1.43 Å². The van der Waals surface area contributed by atoms with Crippen molar-refractivity contribution >= 4 is 44.1 Å². The van der Waals surface area contributed by atoms with Crippen LogP contribution in [0.5, 0.6) is 0 Å². The molecule has 0 unspecified atom stereocenters. The number of piperazine rings is 1. The highest BCUT2D eigenvalue weighted by Gasteiger charge is 2.15. The highest BCUT2D eigenvalue weighted by Crippen LogP contribution is 2.29. The Hall–Kier alpha value is -2.90. The highest BCUT2D eigenvalue weighted by molar-refractivity contribution is 8.21. The number of nitrogens with one attached hydrogen (secondary N) is 2. The van der Waals surface area contributed by atoms with E-state index in [9.17, 15) is 0 Å². The van der Waals surface area contributed by atoms with E-state index in [0.717, 1.165) is 78.4 Å². The number of thioether (sulfide) groups is 1. The first kappa shape index (κ1) is 23.3. The average molecular weight is 463 g/mol. The third-order valence-corrected chi connectivity index (χ3v) is 6.69. The van der Waals surface area contributed by atoms with Crippen LogP contribution in [0.25, 0.3) is 15.7 Å². The Balaban J connectivity index is 0.00000324. The van der Waals surface area contributed by atoms with Crippen LogP contribution in [0.3, 0.4) is 0 Å². The zero-order valence-corrected chi connectivity index (χ0v) is 20.3. The molecule has 4 rings (SSSR count). The van der Waals surface area contributed by atoms with E-state index >= 15 is 0 Å². The SMILES string of the molecule is C=C(SC(C)=N)c1ccc2cnc(NCCCc3ccnc(N4CCN(C)CC4)c3)cc2c1.[HH]. The summed E-state index contributed by atoms with van der Waals surface area (Å²) in [6.45, 7) is 11.0. The Morgan fingerprint density at radius 2 is 1.94 bits per heavy atom. The first-order valence-corrected chi connectivity index (χ1v) is 12.2. The quantitative estimate of drug-likeness (QED) is 0.266. The fourth-order valence-electron chi connectivity index (χ4n) is 3.99. The third-order valence-electron chi connectivity index (χ3n) is 5.91. The summed E-state index contributed by atoms with van der Waals surface area (Å²) >= 11 is 1.39. The van der Waals surface area contributed by atoms with Gasteiger partial charge in [0.2, 0.25) is 0 Å². The average Bonchev–Trinajstić information content (AvgIpc) is 2.81. The maximum atomic E-state index is 7.67. The van der Waals surface area contributed by atoms with Crippen molar-refractivity contribution in [1.82, 2.24) is 14.9 Å². The Labute approximate surface area is 202 Å². The first-order chi connectivity index (χ1) is 16.0. The predicted molar refractivity (Wildman–Crippen MR) is 145 cm³/mol. The summed E-state index contributed by atoms with van der Waals surface area (Å²) in [5, 5.41) is 13.9. The minimum absolute atomic E-state index is 0. The van der Waals surface area contributed by atoms with E-state index in [1.54, 1.807) is 6.92 Å². The van der Waals surface area contributed by atoms with Crippen LogP contribution in [-0.2, 0) is 6.42 Å². The van der Waals surface area contributed by atoms with Crippen molar-refractivity contribution in [3.63, 3.8) is 0 Å². The molecule has 3 aromatic rings. The first-order valence-electron chi connectivity index (χ1n) is 11.4. The second-order valence-corrected chi connectivity index (χ2v) is 9.87. The van der Waals surface area contributed by atoms with Crippen molar-refractivity contribution in [1.29, 1.82) is 5.41 Å². The number of likely N-dealkylation sites (N-methyl/N-ethyl adjacent to an activating group) is 1. The molecule has 1 aliphatic rings. The van der Waals surface area contributed by atoms with E-state index in [0.29, 0.717) is 5.04 Å². The van der Waals surface area contributed by atoms with Crippen LogP contribution >= 0.6 is 11.8 Å². The monoisotopic (exact) mass is 462 g/mol. The van der Waals surface area contributed by atoms with Crippen LogP contribution in [0, 0.1) is 5.41 Å². The van der Waals surface area contributed by atoms with Gasteiger partial charge in [0.25, 0.3) is 0 Å². The van der Waals surface area contributed by atoms with Crippen molar-refractivity contribution in [2.24, 2.45) is 0 Å². The molecule has 6 nitrogen and oxygen atoms in total. The summed E-state index contributed by atoms with van der Waals surface area (Å²) in [4.78, 5) is 14.8. The largest absolute Gasteiger partial charge is 0.370 e. The molecule has 2 N–H and O–H groups in total. The molecule has 3 heterocycles. The summed E-state index contributed by atoms with van der Waals surface area (Å²) in [5.74, 6) is 1.98. The van der Waals surface area contributed by atoms with E-state index in [1.807, 2.05) is 18.5 Å². The van der Waals surface area contributed by atoms with Gasteiger partial charge < -0.3 is 15.1 Å². The van der Waals surface area contributed by atoms with E-state index < -0.39 is 0 Å². The van der Waals surface area contributed by atoms with Gasteiger partial charge in [0.05, 0.1) is 5.04 Å². The van der Waals surface area contributed by atoms with Gasteiger partial charge in [-0.15, -0.1) is 0 Å². The van der Waals surface area contributed by atoms with Gasteiger partial charge in [0.1, 0.15) is 11.6 Å². The topological polar surface area (TPSA) is 68.1 Å². The summed E-state index contributed by atoms with van der Waals surface area (Å²) in [5.41, 5.74) is 2.37. The third kappa shape index (κ3) is 6.33. The van der Waals surface area contributed by atoms with Gasteiger partial charge in [-0.25, -0.2) is 9.97 Å². The standard InChI is InChI=1S/C26H32N6S.H2/c1-19(33-20(2)27)22-6-7-23-18-30-25(17-24(23)16-22)28-9-4-5-21-8-10-29-26(15-21)32-13-11-31(3)12-14-32;/h6-8,10,15-18,27H,1,4-5,9,11-14H2,2-3H3,(H,28,30);1H. The number of fused-ring (bicyclic) bond motifs is 1. The van der Waals surface area contributed by atoms with Gasteiger partial charge in [0, 0.05) is 56.8 Å². The van der Waals surface area contributed by atoms with Gasteiger partial charge in [0.15, 0.2) is 0 Å². The Bertz CT molecular complexity index is 1140. The van der Waals surface area contributed by atoms with Gasteiger partial charge in [-0.3, -0.25) is 5.41 Å². The molecule has 0 saturated carbocycles. The van der Waals surface area contributed by atoms with Crippen molar-refractivity contribution in [2.45, 2.75) is 19.8 Å². The van der Waals surface area contributed by atoms with Crippen LogP contribution < -0.4 is 10.2 Å². The molecule has 2 aromatic heterocycles. The lowest BCUT2D eigenvalue weighted by atomic mass is 10.1. The molecule has 0 radical (unpaired) electrons. The van der Waals surface area contributed by atoms with Crippen LogP contribution in [0.4, 0.5) is 11.6 Å². The predicted octanol–water partition coefficient (Wildman–Crippen LogP) is 5.37. The number of nitrogens with zero attached hydrogens (tertiary/aromatic N) is 4.